The molecular weight excluding hydrogens is 460 g/mol. The summed E-state index contributed by atoms with van der Waals surface area (Å²) in [6, 6.07) is 11.6. The van der Waals surface area contributed by atoms with Crippen molar-refractivity contribution in [2.75, 3.05) is 32.4 Å². The molecule has 1 amide bonds. The molecule has 178 valence electrons. The largest absolute Gasteiger partial charge is 0.497 e. The highest BCUT2D eigenvalue weighted by atomic mass is 32.2. The number of nitrogens with one attached hydrogen (secondary N) is 1. The lowest BCUT2D eigenvalue weighted by Gasteiger charge is -2.12. The zero-order valence-electron chi connectivity index (χ0n) is 19.2. The number of methoxy groups -OCH3 is 3. The summed E-state index contributed by atoms with van der Waals surface area (Å²) in [6.07, 6.45) is 0. The summed E-state index contributed by atoms with van der Waals surface area (Å²) < 4.78 is 16.6. The first kappa shape index (κ1) is 24.8. The molecule has 34 heavy (non-hydrogen) atoms. The van der Waals surface area contributed by atoms with Crippen molar-refractivity contribution >= 4 is 35.3 Å². The van der Waals surface area contributed by atoms with Gasteiger partial charge in [-0.2, -0.15) is 0 Å². The molecule has 2 aromatic carbocycles. The fraction of sp³-hybridized carbons (Fsp3) is 0.261. The molecule has 10 nitrogen and oxygen atoms in total. The van der Waals surface area contributed by atoms with Crippen LogP contribution in [-0.2, 0) is 20.8 Å². The quantitative estimate of drug-likeness (QED) is 0.360. The number of amides is 1. The number of hydrogen-bond donors (Lipinski definition) is 1. The van der Waals surface area contributed by atoms with Gasteiger partial charge in [0.1, 0.15) is 5.75 Å². The molecular formula is C23H24N4O6S. The Balaban J connectivity index is 1.75. The molecule has 1 aromatic heterocycles. The van der Waals surface area contributed by atoms with Crippen LogP contribution in [0.15, 0.2) is 47.6 Å². The Kier molecular flexibility index (Phi) is 8.25. The van der Waals surface area contributed by atoms with Crippen molar-refractivity contribution in [1.29, 1.82) is 0 Å². The number of nitrogens with zero attached hydrogens (tertiary/aromatic N) is 3. The third-order valence-electron chi connectivity index (χ3n) is 4.83. The molecule has 0 fully saturated rings. The Bertz CT molecular complexity index is 1190. The van der Waals surface area contributed by atoms with Gasteiger partial charge in [0.05, 0.1) is 43.9 Å². The highest BCUT2D eigenvalue weighted by Gasteiger charge is 2.19. The molecule has 1 N–H and O–H groups in total. The summed E-state index contributed by atoms with van der Waals surface area (Å²) in [7, 11) is 4.08. The molecule has 1 heterocycles. The number of esters is 2. The van der Waals surface area contributed by atoms with Gasteiger partial charge >= 0.3 is 11.9 Å². The lowest BCUT2D eigenvalue weighted by atomic mass is 10.1. The lowest BCUT2D eigenvalue weighted by Crippen LogP contribution is -2.18. The van der Waals surface area contributed by atoms with Gasteiger partial charge in [0.2, 0.25) is 5.91 Å². The molecule has 0 aliphatic rings. The monoisotopic (exact) mass is 484 g/mol. The van der Waals surface area contributed by atoms with E-state index in [4.69, 9.17) is 14.2 Å². The van der Waals surface area contributed by atoms with Crippen molar-refractivity contribution in [2.24, 2.45) is 0 Å². The second-order valence-electron chi connectivity index (χ2n) is 6.86. The molecule has 0 aliphatic carbocycles. The summed E-state index contributed by atoms with van der Waals surface area (Å²) >= 11 is 1.20. The van der Waals surface area contributed by atoms with E-state index in [-0.39, 0.29) is 22.6 Å². The molecule has 11 heteroatoms. The highest BCUT2D eigenvalue weighted by molar-refractivity contribution is 7.99. The number of carbonyl (C=O) groups is 3. The van der Waals surface area contributed by atoms with Gasteiger partial charge in [0.15, 0.2) is 11.0 Å². The first-order chi connectivity index (χ1) is 16.4. The molecule has 0 saturated heterocycles. The predicted molar refractivity (Wildman–Crippen MR) is 126 cm³/mol. The molecule has 0 atom stereocenters. The van der Waals surface area contributed by atoms with E-state index in [0.717, 1.165) is 11.3 Å². The normalized spacial score (nSPS) is 10.5. The molecule has 3 aromatic rings. The minimum atomic E-state index is -0.644. The molecule has 0 radical (unpaired) electrons. The fourth-order valence-electron chi connectivity index (χ4n) is 3.13. The van der Waals surface area contributed by atoms with Crippen LogP contribution in [-0.4, -0.2) is 59.7 Å². The Hall–Kier alpha value is -3.86. The zero-order chi connectivity index (χ0) is 24.7. The maximum atomic E-state index is 12.7. The minimum absolute atomic E-state index is 0.00378. The highest BCUT2D eigenvalue weighted by Crippen LogP contribution is 2.26. The number of carbonyl (C=O) groups excluding carboxylic acids is 3. The Morgan fingerprint density at radius 1 is 0.971 bits per heavy atom. The molecule has 0 aliphatic heterocycles. The topological polar surface area (TPSA) is 122 Å². The third-order valence-corrected chi connectivity index (χ3v) is 5.80. The number of ether oxygens (including phenoxy) is 3. The van der Waals surface area contributed by atoms with E-state index in [1.54, 1.807) is 7.11 Å². The van der Waals surface area contributed by atoms with Crippen LogP contribution in [0.5, 0.6) is 5.75 Å². The number of anilines is 1. The molecule has 3 rings (SSSR count). The minimum Gasteiger partial charge on any atom is -0.497 e. The van der Waals surface area contributed by atoms with Crippen molar-refractivity contribution in [3.63, 3.8) is 0 Å². The maximum absolute atomic E-state index is 12.7. The number of rotatable bonds is 9. The maximum Gasteiger partial charge on any atom is 0.339 e. The SMILES string of the molecule is CCn1c(SCC(=O)Nc2cc(C(=O)OC)ccc2C(=O)OC)nnc1-c1ccc(OC)cc1. The first-order valence-electron chi connectivity index (χ1n) is 10.2. The van der Waals surface area contributed by atoms with Crippen LogP contribution in [0.2, 0.25) is 0 Å². The predicted octanol–water partition coefficient (Wildman–Crippen LogP) is 3.28. The van der Waals surface area contributed by atoms with Crippen LogP contribution >= 0.6 is 11.8 Å². The Morgan fingerprint density at radius 3 is 2.29 bits per heavy atom. The van der Waals surface area contributed by atoms with Crippen LogP contribution in [0.1, 0.15) is 27.6 Å². The molecule has 0 unspecified atom stereocenters. The number of hydrogen-bond acceptors (Lipinski definition) is 9. The zero-order valence-corrected chi connectivity index (χ0v) is 20.0. The van der Waals surface area contributed by atoms with Gasteiger partial charge in [0, 0.05) is 12.1 Å². The van der Waals surface area contributed by atoms with E-state index >= 15 is 0 Å². The third kappa shape index (κ3) is 5.54. The summed E-state index contributed by atoms with van der Waals surface area (Å²) in [5.74, 6) is -0.220. The summed E-state index contributed by atoms with van der Waals surface area (Å²) in [5.41, 5.74) is 1.32. The van der Waals surface area contributed by atoms with Crippen LogP contribution in [0.4, 0.5) is 5.69 Å². The number of thioether (sulfide) groups is 1. The lowest BCUT2D eigenvalue weighted by molar-refractivity contribution is -0.113. The van der Waals surface area contributed by atoms with Crippen molar-refractivity contribution in [2.45, 2.75) is 18.6 Å². The van der Waals surface area contributed by atoms with E-state index in [1.165, 1.54) is 44.2 Å². The summed E-state index contributed by atoms with van der Waals surface area (Å²) in [4.78, 5) is 36.6. The standard InChI is InChI=1S/C23H24N4O6S/c1-5-27-20(14-6-9-16(31-2)10-7-14)25-26-23(27)34-13-19(28)24-18-12-15(21(29)32-3)8-11-17(18)22(30)33-4/h6-12H,5,13H2,1-4H3,(H,24,28). The number of aromatic nitrogens is 3. The van der Waals surface area contributed by atoms with E-state index in [1.807, 2.05) is 35.8 Å². The number of benzene rings is 2. The average molecular weight is 485 g/mol. The van der Waals surface area contributed by atoms with Gasteiger partial charge in [-0.3, -0.25) is 4.79 Å². The van der Waals surface area contributed by atoms with Gasteiger partial charge < -0.3 is 24.1 Å². The van der Waals surface area contributed by atoms with Crippen LogP contribution in [0, 0.1) is 0 Å². The second kappa shape index (κ2) is 11.3. The van der Waals surface area contributed by atoms with Crippen LogP contribution in [0.3, 0.4) is 0 Å². The molecule has 0 bridgehead atoms. The smallest absolute Gasteiger partial charge is 0.339 e. The van der Waals surface area contributed by atoms with E-state index in [9.17, 15) is 14.4 Å². The first-order valence-corrected chi connectivity index (χ1v) is 11.2. The van der Waals surface area contributed by atoms with Gasteiger partial charge in [-0.25, -0.2) is 9.59 Å². The van der Waals surface area contributed by atoms with Crippen LogP contribution in [0.25, 0.3) is 11.4 Å². The molecule has 0 saturated carbocycles. The second-order valence-corrected chi connectivity index (χ2v) is 7.80. The van der Waals surface area contributed by atoms with Gasteiger partial charge in [-0.1, -0.05) is 11.8 Å². The average Bonchev–Trinajstić information content (AvgIpc) is 3.29. The van der Waals surface area contributed by atoms with E-state index in [2.05, 4.69) is 15.5 Å². The van der Waals surface area contributed by atoms with Crippen molar-refractivity contribution in [3.05, 3.63) is 53.6 Å². The Morgan fingerprint density at radius 2 is 1.68 bits per heavy atom. The van der Waals surface area contributed by atoms with Crippen molar-refractivity contribution in [3.8, 4) is 17.1 Å². The van der Waals surface area contributed by atoms with Crippen molar-refractivity contribution < 1.29 is 28.6 Å². The van der Waals surface area contributed by atoms with Crippen molar-refractivity contribution in [1.82, 2.24) is 14.8 Å². The summed E-state index contributed by atoms with van der Waals surface area (Å²) in [6.45, 7) is 2.56. The van der Waals surface area contributed by atoms with Crippen LogP contribution < -0.4 is 10.1 Å². The van der Waals surface area contributed by atoms with Gasteiger partial charge in [0.25, 0.3) is 0 Å². The van der Waals surface area contributed by atoms with Gasteiger partial charge in [-0.05, 0) is 49.4 Å². The van der Waals surface area contributed by atoms with E-state index < -0.39 is 17.8 Å². The van der Waals surface area contributed by atoms with Gasteiger partial charge in [-0.15, -0.1) is 10.2 Å². The Labute approximate surface area is 200 Å². The fourth-order valence-corrected chi connectivity index (χ4v) is 3.93. The van der Waals surface area contributed by atoms with E-state index in [0.29, 0.717) is 17.5 Å². The summed E-state index contributed by atoms with van der Waals surface area (Å²) in [5, 5.41) is 11.7. The molecule has 0 spiro atoms.